The Morgan fingerprint density at radius 1 is 1.23 bits per heavy atom. The van der Waals surface area contributed by atoms with Gasteiger partial charge in [0.15, 0.2) is 0 Å². The largest absolute Gasteiger partial charge is 0.490 e. The SMILES string of the molecule is C=CC(=O)Nc1ccc(C(=O)N2CC[C@H](Nc3ncc(Br)cn3)C2)cc1OCCN1CCOCC1. The maximum Gasteiger partial charge on any atom is 0.254 e. The predicted molar refractivity (Wildman–Crippen MR) is 136 cm³/mol. The lowest BCUT2D eigenvalue weighted by Crippen LogP contribution is -2.38. The normalized spacial score (nSPS) is 18.2. The quantitative estimate of drug-likeness (QED) is 0.463. The van der Waals surface area contributed by atoms with Gasteiger partial charge in [0.05, 0.1) is 23.4 Å². The molecule has 2 N–H and O–H groups in total. The lowest BCUT2D eigenvalue weighted by molar-refractivity contribution is -0.111. The Balaban J connectivity index is 1.40. The van der Waals surface area contributed by atoms with Crippen LogP contribution in [0.2, 0.25) is 0 Å². The van der Waals surface area contributed by atoms with Gasteiger partial charge < -0.3 is 25.0 Å². The number of morpholine rings is 1. The van der Waals surface area contributed by atoms with Crippen LogP contribution in [0.5, 0.6) is 5.75 Å². The first-order chi connectivity index (χ1) is 17.0. The molecule has 0 aliphatic carbocycles. The molecule has 2 aliphatic heterocycles. The molecular formula is C24H29BrN6O4. The van der Waals surface area contributed by atoms with Gasteiger partial charge in [-0.15, -0.1) is 0 Å². The Kier molecular flexibility index (Phi) is 8.67. The molecule has 11 heteroatoms. The standard InChI is InChI=1S/C24H29BrN6O4/c1-2-22(32)29-20-4-3-17(13-21(20)35-12-9-30-7-10-34-11-8-30)23(33)31-6-5-19(16-31)28-24-26-14-18(25)15-27-24/h2-4,13-15,19H,1,5-12,16H2,(H,29,32)(H,26,27,28)/t19-/m0/s1. The first-order valence-corrected chi connectivity index (χ1v) is 12.3. The molecule has 3 heterocycles. The molecule has 1 atom stereocenters. The molecule has 10 nitrogen and oxygen atoms in total. The van der Waals surface area contributed by atoms with E-state index in [4.69, 9.17) is 9.47 Å². The third-order valence-corrected chi connectivity index (χ3v) is 6.28. The summed E-state index contributed by atoms with van der Waals surface area (Å²) < 4.78 is 12.2. The fraction of sp³-hybridized carbons (Fsp3) is 0.417. The molecule has 186 valence electrons. The van der Waals surface area contributed by atoms with Crippen LogP contribution in [0.25, 0.3) is 0 Å². The summed E-state index contributed by atoms with van der Waals surface area (Å²) >= 11 is 3.33. The number of rotatable bonds is 9. The number of likely N-dealkylation sites (tertiary alicyclic amines) is 1. The van der Waals surface area contributed by atoms with E-state index in [9.17, 15) is 9.59 Å². The van der Waals surface area contributed by atoms with Crippen LogP contribution >= 0.6 is 15.9 Å². The summed E-state index contributed by atoms with van der Waals surface area (Å²) in [5.41, 5.74) is 1.00. The molecule has 0 spiro atoms. The number of hydrogen-bond acceptors (Lipinski definition) is 8. The van der Waals surface area contributed by atoms with Gasteiger partial charge in [0.25, 0.3) is 5.91 Å². The smallest absolute Gasteiger partial charge is 0.254 e. The second-order valence-electron chi connectivity index (χ2n) is 8.31. The van der Waals surface area contributed by atoms with E-state index in [0.717, 1.165) is 30.5 Å². The summed E-state index contributed by atoms with van der Waals surface area (Å²) in [7, 11) is 0. The van der Waals surface area contributed by atoms with E-state index in [0.29, 0.717) is 55.9 Å². The van der Waals surface area contributed by atoms with E-state index in [-0.39, 0.29) is 17.9 Å². The zero-order chi connectivity index (χ0) is 24.6. The van der Waals surface area contributed by atoms with E-state index in [1.54, 1.807) is 35.5 Å². The summed E-state index contributed by atoms with van der Waals surface area (Å²) in [6.45, 7) is 8.96. The van der Waals surface area contributed by atoms with Crippen LogP contribution in [-0.2, 0) is 9.53 Å². The highest BCUT2D eigenvalue weighted by atomic mass is 79.9. The second-order valence-corrected chi connectivity index (χ2v) is 9.23. The maximum absolute atomic E-state index is 13.2. The van der Waals surface area contributed by atoms with Gasteiger partial charge in [0.2, 0.25) is 11.9 Å². The van der Waals surface area contributed by atoms with Crippen LogP contribution in [0.15, 0.2) is 47.7 Å². The van der Waals surface area contributed by atoms with Gasteiger partial charge in [0, 0.05) is 56.7 Å². The van der Waals surface area contributed by atoms with Crippen molar-refractivity contribution in [2.45, 2.75) is 12.5 Å². The zero-order valence-corrected chi connectivity index (χ0v) is 21.0. The van der Waals surface area contributed by atoms with Crippen LogP contribution in [0.4, 0.5) is 11.6 Å². The Morgan fingerprint density at radius 2 is 2.00 bits per heavy atom. The Hall–Kier alpha value is -3.02. The molecule has 2 saturated heterocycles. The molecular weight excluding hydrogens is 516 g/mol. The molecule has 0 radical (unpaired) electrons. The van der Waals surface area contributed by atoms with Gasteiger partial charge in [-0.1, -0.05) is 6.58 Å². The van der Waals surface area contributed by atoms with Crippen molar-refractivity contribution in [1.29, 1.82) is 0 Å². The first-order valence-electron chi connectivity index (χ1n) is 11.6. The minimum atomic E-state index is -0.342. The third kappa shape index (κ3) is 7.00. The topological polar surface area (TPSA) is 109 Å². The highest BCUT2D eigenvalue weighted by Gasteiger charge is 2.28. The highest BCUT2D eigenvalue weighted by Crippen LogP contribution is 2.28. The van der Waals surface area contributed by atoms with Gasteiger partial charge in [-0.05, 0) is 46.6 Å². The number of carbonyl (C=O) groups is 2. The summed E-state index contributed by atoms with van der Waals surface area (Å²) in [6.07, 6.45) is 5.35. The van der Waals surface area contributed by atoms with Crippen LogP contribution in [0.3, 0.4) is 0 Å². The molecule has 2 amide bonds. The number of hydrogen-bond donors (Lipinski definition) is 2. The van der Waals surface area contributed by atoms with Crippen LogP contribution in [0, 0.1) is 0 Å². The first kappa shape index (κ1) is 25.1. The molecule has 35 heavy (non-hydrogen) atoms. The predicted octanol–water partition coefficient (Wildman–Crippen LogP) is 2.40. The van der Waals surface area contributed by atoms with Crippen LogP contribution in [-0.4, -0.2) is 90.2 Å². The number of carbonyl (C=O) groups excluding carboxylic acids is 2. The summed E-state index contributed by atoms with van der Waals surface area (Å²) in [4.78, 5) is 37.7. The fourth-order valence-electron chi connectivity index (χ4n) is 3.99. The third-order valence-electron chi connectivity index (χ3n) is 5.87. The van der Waals surface area contributed by atoms with Crippen molar-refractivity contribution in [3.05, 3.63) is 53.3 Å². The maximum atomic E-state index is 13.2. The zero-order valence-electron chi connectivity index (χ0n) is 19.4. The van der Waals surface area contributed by atoms with Crippen molar-refractivity contribution in [2.24, 2.45) is 0 Å². The van der Waals surface area contributed by atoms with Crippen molar-refractivity contribution in [3.8, 4) is 5.75 Å². The highest BCUT2D eigenvalue weighted by molar-refractivity contribution is 9.10. The number of ether oxygens (including phenoxy) is 2. The van der Waals surface area contributed by atoms with Gasteiger partial charge in [-0.25, -0.2) is 9.97 Å². The minimum Gasteiger partial charge on any atom is -0.490 e. The number of amides is 2. The average Bonchev–Trinajstić information content (AvgIpc) is 3.35. The Labute approximate surface area is 212 Å². The molecule has 0 saturated carbocycles. The number of aromatic nitrogens is 2. The van der Waals surface area contributed by atoms with Gasteiger partial charge in [0.1, 0.15) is 12.4 Å². The van der Waals surface area contributed by atoms with Gasteiger partial charge >= 0.3 is 0 Å². The van der Waals surface area contributed by atoms with Crippen molar-refractivity contribution in [2.75, 3.05) is 63.2 Å². The Bertz CT molecular complexity index is 1040. The van der Waals surface area contributed by atoms with Crippen LogP contribution in [0.1, 0.15) is 16.8 Å². The van der Waals surface area contributed by atoms with Gasteiger partial charge in [-0.3, -0.25) is 14.5 Å². The summed E-state index contributed by atoms with van der Waals surface area (Å²) in [5.74, 6) is 0.554. The molecule has 1 aromatic carbocycles. The lowest BCUT2D eigenvalue weighted by atomic mass is 10.1. The molecule has 0 unspecified atom stereocenters. The fourth-order valence-corrected chi connectivity index (χ4v) is 4.19. The molecule has 2 fully saturated rings. The van der Waals surface area contributed by atoms with Crippen molar-refractivity contribution in [3.63, 3.8) is 0 Å². The summed E-state index contributed by atoms with van der Waals surface area (Å²) in [5, 5.41) is 6.03. The van der Waals surface area contributed by atoms with E-state index in [1.807, 2.05) is 0 Å². The number of anilines is 2. The Morgan fingerprint density at radius 3 is 2.74 bits per heavy atom. The van der Waals surface area contributed by atoms with Crippen molar-refractivity contribution < 1.29 is 19.1 Å². The monoisotopic (exact) mass is 544 g/mol. The minimum absolute atomic E-state index is 0.0653. The number of nitrogens with zero attached hydrogens (tertiary/aromatic N) is 4. The van der Waals surface area contributed by atoms with E-state index in [2.05, 4.69) is 48.0 Å². The van der Waals surface area contributed by atoms with E-state index < -0.39 is 0 Å². The number of benzene rings is 1. The molecule has 2 aromatic rings. The van der Waals surface area contributed by atoms with E-state index >= 15 is 0 Å². The van der Waals surface area contributed by atoms with E-state index in [1.165, 1.54) is 6.08 Å². The average molecular weight is 545 g/mol. The molecule has 2 aliphatic rings. The summed E-state index contributed by atoms with van der Waals surface area (Å²) in [6, 6.07) is 5.16. The number of nitrogens with one attached hydrogen (secondary N) is 2. The molecule has 0 bridgehead atoms. The second kappa shape index (κ2) is 12.1. The number of halogens is 1. The molecule has 4 rings (SSSR count). The van der Waals surface area contributed by atoms with Crippen molar-refractivity contribution >= 4 is 39.4 Å². The van der Waals surface area contributed by atoms with Gasteiger partial charge in [-0.2, -0.15) is 0 Å². The van der Waals surface area contributed by atoms with Crippen LogP contribution < -0.4 is 15.4 Å². The molecule has 1 aromatic heterocycles. The van der Waals surface area contributed by atoms with Crippen molar-refractivity contribution in [1.82, 2.24) is 19.8 Å². The lowest BCUT2D eigenvalue weighted by Gasteiger charge is -2.26.